The van der Waals surface area contributed by atoms with Gasteiger partial charge in [-0.05, 0) is 80.3 Å². The number of methoxy groups -OCH3 is 1. The fraction of sp³-hybridized carbons (Fsp3) is 0.516. The number of benzene rings is 2. The lowest BCUT2D eigenvalue weighted by Crippen LogP contribution is -2.60. The van der Waals surface area contributed by atoms with Gasteiger partial charge in [0.15, 0.2) is 0 Å². The molecular formula is C31H39N3O2. The molecule has 4 heterocycles. The standard InChI is InChI=1S/C31H39N3O2/c1-3-18-33-26-14-15-27(33)29-17-16-28(26)34(29)30(24-8-7-9-25(21-24)36-2)22-10-12-23(13-11-22)31(35)32-19-5-4-6-20-32/h3,7-13,21,26-30H,1,4-6,14-20H2,2H3/t26?,27?,28-,29?,30?/m1/s1. The molecule has 190 valence electrons. The van der Waals surface area contributed by atoms with Gasteiger partial charge in [0.05, 0.1) is 13.2 Å². The van der Waals surface area contributed by atoms with Gasteiger partial charge in [0.1, 0.15) is 5.75 Å². The number of piperazine rings is 1. The number of rotatable bonds is 7. The average molecular weight is 486 g/mol. The van der Waals surface area contributed by atoms with E-state index in [1.807, 2.05) is 11.0 Å². The van der Waals surface area contributed by atoms with Crippen LogP contribution in [0.15, 0.2) is 61.2 Å². The van der Waals surface area contributed by atoms with Crippen molar-refractivity contribution in [2.24, 2.45) is 0 Å². The van der Waals surface area contributed by atoms with Crippen molar-refractivity contribution in [3.8, 4) is 5.75 Å². The largest absolute Gasteiger partial charge is 0.497 e. The van der Waals surface area contributed by atoms with Crippen LogP contribution in [-0.4, -0.2) is 71.5 Å². The number of hydrogen-bond donors (Lipinski definition) is 0. The number of fused-ring (bicyclic) bond motifs is 6. The van der Waals surface area contributed by atoms with E-state index in [-0.39, 0.29) is 11.9 Å². The molecule has 2 aromatic carbocycles. The minimum absolute atomic E-state index is 0.158. The lowest BCUT2D eigenvalue weighted by atomic mass is 9.91. The van der Waals surface area contributed by atoms with E-state index in [0.29, 0.717) is 24.2 Å². The van der Waals surface area contributed by atoms with Crippen molar-refractivity contribution in [2.75, 3.05) is 26.7 Å². The monoisotopic (exact) mass is 485 g/mol. The first kappa shape index (κ1) is 23.7. The molecular weight excluding hydrogens is 446 g/mol. The van der Waals surface area contributed by atoms with Crippen molar-refractivity contribution in [3.63, 3.8) is 0 Å². The summed E-state index contributed by atoms with van der Waals surface area (Å²) in [6, 6.07) is 19.6. The Morgan fingerprint density at radius 3 is 2.25 bits per heavy atom. The molecule has 0 spiro atoms. The highest BCUT2D eigenvalue weighted by molar-refractivity contribution is 5.94. The number of carbonyl (C=O) groups excluding carboxylic acids is 1. The van der Waals surface area contributed by atoms with Gasteiger partial charge in [-0.25, -0.2) is 0 Å². The van der Waals surface area contributed by atoms with Crippen molar-refractivity contribution < 1.29 is 9.53 Å². The van der Waals surface area contributed by atoms with Gasteiger partial charge in [-0.15, -0.1) is 6.58 Å². The molecule has 4 aliphatic rings. The van der Waals surface area contributed by atoms with E-state index < -0.39 is 0 Å². The molecule has 4 bridgehead atoms. The third-order valence-electron chi connectivity index (χ3n) is 9.19. The van der Waals surface area contributed by atoms with Crippen molar-refractivity contribution in [1.29, 1.82) is 0 Å². The molecule has 4 fully saturated rings. The number of amides is 1. The van der Waals surface area contributed by atoms with Crippen molar-refractivity contribution in [2.45, 2.75) is 75.2 Å². The molecule has 4 saturated heterocycles. The van der Waals surface area contributed by atoms with Crippen LogP contribution >= 0.6 is 0 Å². The molecule has 4 unspecified atom stereocenters. The van der Waals surface area contributed by atoms with Gasteiger partial charge in [-0.2, -0.15) is 0 Å². The second-order valence-electron chi connectivity index (χ2n) is 11.0. The van der Waals surface area contributed by atoms with Crippen LogP contribution in [0.2, 0.25) is 0 Å². The summed E-state index contributed by atoms with van der Waals surface area (Å²) in [5.74, 6) is 1.07. The summed E-state index contributed by atoms with van der Waals surface area (Å²) < 4.78 is 5.63. The second-order valence-corrected chi connectivity index (χ2v) is 11.0. The maximum Gasteiger partial charge on any atom is 0.253 e. The molecule has 5 nitrogen and oxygen atoms in total. The molecule has 2 aromatic rings. The van der Waals surface area contributed by atoms with Crippen LogP contribution in [0, 0.1) is 0 Å². The topological polar surface area (TPSA) is 36.0 Å². The molecule has 4 aliphatic heterocycles. The van der Waals surface area contributed by atoms with E-state index in [9.17, 15) is 4.79 Å². The normalized spacial score (nSPS) is 28.8. The predicted molar refractivity (Wildman–Crippen MR) is 143 cm³/mol. The Balaban J connectivity index is 1.35. The lowest BCUT2D eigenvalue weighted by molar-refractivity contribution is -0.00329. The molecule has 5 atom stereocenters. The SMILES string of the molecule is C=CCN1C2CCC1[C@H]1CCC2N1C(c1ccc(C(=O)N2CCCCC2)cc1)c1cccc(OC)c1. The molecule has 5 heteroatoms. The van der Waals surface area contributed by atoms with Crippen LogP contribution in [0.3, 0.4) is 0 Å². The second kappa shape index (κ2) is 10.0. The highest BCUT2D eigenvalue weighted by Gasteiger charge is 2.56. The van der Waals surface area contributed by atoms with Gasteiger partial charge in [0.25, 0.3) is 5.91 Å². The Kier molecular flexibility index (Phi) is 6.61. The molecule has 0 saturated carbocycles. The smallest absolute Gasteiger partial charge is 0.253 e. The summed E-state index contributed by atoms with van der Waals surface area (Å²) in [6.07, 6.45) is 10.6. The van der Waals surface area contributed by atoms with Crippen LogP contribution < -0.4 is 4.74 Å². The maximum atomic E-state index is 13.1. The molecule has 36 heavy (non-hydrogen) atoms. The Morgan fingerprint density at radius 2 is 1.61 bits per heavy atom. The van der Waals surface area contributed by atoms with Crippen molar-refractivity contribution in [3.05, 3.63) is 77.9 Å². The fourth-order valence-electron chi connectivity index (χ4n) is 7.65. The molecule has 0 aliphatic carbocycles. The number of carbonyl (C=O) groups is 1. The van der Waals surface area contributed by atoms with Crippen LogP contribution in [-0.2, 0) is 0 Å². The maximum absolute atomic E-state index is 13.1. The first-order chi connectivity index (χ1) is 17.7. The molecule has 0 N–H and O–H groups in total. The third kappa shape index (κ3) is 4.06. The Labute approximate surface area is 215 Å². The Hall–Kier alpha value is -2.63. The lowest BCUT2D eigenvalue weighted by Gasteiger charge is -2.50. The number of piperidine rings is 1. The predicted octanol–water partition coefficient (Wildman–Crippen LogP) is 5.28. The average Bonchev–Trinajstić information content (AvgIpc) is 3.44. The number of likely N-dealkylation sites (tertiary alicyclic amines) is 1. The summed E-state index contributed by atoms with van der Waals surface area (Å²) in [6.45, 7) is 6.81. The van der Waals surface area contributed by atoms with Gasteiger partial charge in [-0.1, -0.05) is 30.3 Å². The first-order valence-corrected chi connectivity index (χ1v) is 13.9. The van der Waals surface area contributed by atoms with Crippen LogP contribution in [0.1, 0.15) is 72.5 Å². The molecule has 0 radical (unpaired) electrons. The van der Waals surface area contributed by atoms with Gasteiger partial charge < -0.3 is 9.64 Å². The van der Waals surface area contributed by atoms with Gasteiger partial charge >= 0.3 is 0 Å². The number of ether oxygens (including phenoxy) is 1. The van der Waals surface area contributed by atoms with E-state index in [1.54, 1.807) is 7.11 Å². The first-order valence-electron chi connectivity index (χ1n) is 13.9. The van der Waals surface area contributed by atoms with Crippen molar-refractivity contribution >= 4 is 5.91 Å². The van der Waals surface area contributed by atoms with E-state index in [2.05, 4.69) is 64.9 Å². The van der Waals surface area contributed by atoms with E-state index in [0.717, 1.165) is 43.8 Å². The third-order valence-corrected chi connectivity index (χ3v) is 9.19. The van der Waals surface area contributed by atoms with Gasteiger partial charge in [0.2, 0.25) is 0 Å². The van der Waals surface area contributed by atoms with Gasteiger partial charge in [-0.3, -0.25) is 14.6 Å². The van der Waals surface area contributed by atoms with Crippen LogP contribution in [0.4, 0.5) is 0 Å². The molecule has 1 amide bonds. The zero-order valence-electron chi connectivity index (χ0n) is 21.5. The van der Waals surface area contributed by atoms with E-state index >= 15 is 0 Å². The van der Waals surface area contributed by atoms with E-state index in [4.69, 9.17) is 4.74 Å². The Morgan fingerprint density at radius 1 is 0.944 bits per heavy atom. The minimum atomic E-state index is 0.158. The quantitative estimate of drug-likeness (QED) is 0.500. The van der Waals surface area contributed by atoms with Gasteiger partial charge in [0, 0.05) is 49.4 Å². The zero-order valence-corrected chi connectivity index (χ0v) is 21.5. The van der Waals surface area contributed by atoms with Crippen molar-refractivity contribution in [1.82, 2.24) is 14.7 Å². The summed E-state index contributed by atoms with van der Waals surface area (Å²) in [7, 11) is 1.74. The minimum Gasteiger partial charge on any atom is -0.497 e. The van der Waals surface area contributed by atoms with Crippen LogP contribution in [0.5, 0.6) is 5.75 Å². The molecule has 0 aromatic heterocycles. The fourth-order valence-corrected chi connectivity index (χ4v) is 7.65. The highest BCUT2D eigenvalue weighted by atomic mass is 16.5. The Bertz CT molecular complexity index is 1070. The summed E-state index contributed by atoms with van der Waals surface area (Å²) in [5.41, 5.74) is 3.36. The number of hydrogen-bond acceptors (Lipinski definition) is 4. The van der Waals surface area contributed by atoms with Crippen LogP contribution in [0.25, 0.3) is 0 Å². The zero-order chi connectivity index (χ0) is 24.6. The summed E-state index contributed by atoms with van der Waals surface area (Å²) in [4.78, 5) is 20.7. The molecule has 6 rings (SSSR count). The summed E-state index contributed by atoms with van der Waals surface area (Å²) in [5, 5.41) is 0. The van der Waals surface area contributed by atoms with E-state index in [1.165, 1.54) is 43.2 Å². The summed E-state index contributed by atoms with van der Waals surface area (Å²) >= 11 is 0. The number of nitrogens with zero attached hydrogens (tertiary/aromatic N) is 3. The highest BCUT2D eigenvalue weighted by Crippen LogP contribution is 2.50.